The normalized spacial score (nSPS) is 12.5. The predicted octanol–water partition coefficient (Wildman–Crippen LogP) is 4.42. The molecule has 0 bridgehead atoms. The molecule has 35 heavy (non-hydrogen) atoms. The lowest BCUT2D eigenvalue weighted by Gasteiger charge is -2.19. The molecule has 2 N–H and O–H groups in total. The molecule has 0 radical (unpaired) electrons. The number of carbonyl (C=O) groups is 1. The quantitative estimate of drug-likeness (QED) is 0.448. The maximum absolute atomic E-state index is 14.9. The highest BCUT2D eigenvalue weighted by molar-refractivity contribution is 6.05. The van der Waals surface area contributed by atoms with Crippen molar-refractivity contribution in [2.24, 2.45) is 7.05 Å². The van der Waals surface area contributed by atoms with Crippen LogP contribution < -0.4 is 20.9 Å². The summed E-state index contributed by atoms with van der Waals surface area (Å²) in [5.41, 5.74) is 1.80. The summed E-state index contributed by atoms with van der Waals surface area (Å²) in [7, 11) is 1.71. The number of amides is 1. The Morgan fingerprint density at radius 3 is 2.71 bits per heavy atom. The molecule has 1 amide bonds. The average molecular weight is 474 g/mol. The first-order chi connectivity index (χ1) is 16.9. The largest absolute Gasteiger partial charge is 0.454 e. The predicted molar refractivity (Wildman–Crippen MR) is 131 cm³/mol. The Morgan fingerprint density at radius 1 is 1.14 bits per heavy atom. The number of halogens is 1. The number of hydrogen-bond acceptors (Lipinski definition) is 5. The summed E-state index contributed by atoms with van der Waals surface area (Å²) in [4.78, 5) is 30.4. The van der Waals surface area contributed by atoms with Crippen LogP contribution in [0.15, 0.2) is 65.6 Å². The fraction of sp³-hybridized carbons (Fsp3) is 0.192. The lowest BCUT2D eigenvalue weighted by atomic mass is 10.1. The molecule has 9 heteroatoms. The van der Waals surface area contributed by atoms with E-state index in [4.69, 9.17) is 4.74 Å². The molecule has 2 aromatic heterocycles. The summed E-state index contributed by atoms with van der Waals surface area (Å²) in [6.07, 6.45) is 3.34. The second-order valence-electron chi connectivity index (χ2n) is 8.30. The zero-order valence-electron chi connectivity index (χ0n) is 19.3. The van der Waals surface area contributed by atoms with E-state index >= 15 is 0 Å². The number of hydrogen-bond donors (Lipinski definition) is 2. The van der Waals surface area contributed by atoms with Crippen molar-refractivity contribution in [2.75, 3.05) is 17.2 Å². The van der Waals surface area contributed by atoms with Gasteiger partial charge in [-0.1, -0.05) is 18.2 Å². The summed E-state index contributed by atoms with van der Waals surface area (Å²) in [5, 5.41) is 5.85. The van der Waals surface area contributed by atoms with E-state index in [0.717, 1.165) is 30.8 Å². The highest BCUT2D eigenvalue weighted by Crippen LogP contribution is 2.34. The van der Waals surface area contributed by atoms with Gasteiger partial charge in [-0.15, -0.1) is 0 Å². The first-order valence-electron chi connectivity index (χ1n) is 11.3. The second-order valence-corrected chi connectivity index (χ2v) is 8.30. The molecule has 0 unspecified atom stereocenters. The minimum absolute atomic E-state index is 0.00648. The molecule has 8 nitrogen and oxygen atoms in total. The van der Waals surface area contributed by atoms with Crippen LogP contribution in [0.2, 0.25) is 0 Å². The van der Waals surface area contributed by atoms with Gasteiger partial charge in [-0.05, 0) is 50.1 Å². The number of nitrogens with zero attached hydrogens (tertiary/aromatic N) is 3. The molecule has 0 aliphatic carbocycles. The SMILES string of the molecule is Cc1c(C(=O)Nc2ccc(Oc3ccnc4c3CCCN4)c(F)c2)c(=O)n(-c2ccccc2)n1C. The monoisotopic (exact) mass is 473 g/mol. The van der Waals surface area contributed by atoms with Crippen molar-refractivity contribution in [3.63, 3.8) is 0 Å². The Kier molecular flexibility index (Phi) is 5.82. The lowest BCUT2D eigenvalue weighted by Crippen LogP contribution is -2.25. The number of pyridine rings is 1. The van der Waals surface area contributed by atoms with Gasteiger partial charge in [0.2, 0.25) is 0 Å². The third kappa shape index (κ3) is 4.16. The Bertz CT molecular complexity index is 1480. The van der Waals surface area contributed by atoms with Gasteiger partial charge in [-0.2, -0.15) is 0 Å². The van der Waals surface area contributed by atoms with Crippen molar-refractivity contribution >= 4 is 17.4 Å². The Morgan fingerprint density at radius 2 is 1.94 bits per heavy atom. The number of aromatic nitrogens is 3. The molecule has 1 aliphatic heterocycles. The van der Waals surface area contributed by atoms with Crippen LogP contribution in [0.1, 0.15) is 28.0 Å². The third-order valence-corrected chi connectivity index (χ3v) is 6.10. The van der Waals surface area contributed by atoms with Crippen molar-refractivity contribution < 1.29 is 13.9 Å². The number of carbonyl (C=O) groups excluding carboxylic acids is 1. The number of nitrogens with one attached hydrogen (secondary N) is 2. The summed E-state index contributed by atoms with van der Waals surface area (Å²) in [5.74, 6) is 0.0738. The van der Waals surface area contributed by atoms with Gasteiger partial charge in [-0.25, -0.2) is 14.1 Å². The fourth-order valence-corrected chi connectivity index (χ4v) is 4.24. The average Bonchev–Trinajstić information content (AvgIpc) is 3.09. The molecule has 2 aromatic carbocycles. The Balaban J connectivity index is 1.38. The summed E-state index contributed by atoms with van der Waals surface area (Å²) < 4.78 is 23.8. The first kappa shape index (κ1) is 22.4. The highest BCUT2D eigenvalue weighted by atomic mass is 19.1. The molecule has 3 heterocycles. The van der Waals surface area contributed by atoms with Crippen LogP contribution in [0, 0.1) is 12.7 Å². The van der Waals surface area contributed by atoms with Gasteiger partial charge >= 0.3 is 0 Å². The standard InChI is InChI=1S/C26H24FN5O3/c1-16-23(26(34)32(31(16)2)18-7-4-3-5-8-18)25(33)30-17-10-11-22(20(27)15-17)35-21-12-14-29-24-19(21)9-6-13-28-24/h3-5,7-8,10-12,14-15H,6,9,13H2,1-2H3,(H,28,29)(H,30,33). The van der Waals surface area contributed by atoms with Gasteiger partial charge in [-0.3, -0.25) is 14.3 Å². The second kappa shape index (κ2) is 9.09. The van der Waals surface area contributed by atoms with Crippen molar-refractivity contribution in [3.05, 3.63) is 93.8 Å². The van der Waals surface area contributed by atoms with Gasteiger partial charge in [0.05, 0.1) is 11.4 Å². The first-order valence-corrected chi connectivity index (χ1v) is 11.3. The molecule has 0 atom stereocenters. The van der Waals surface area contributed by atoms with Gasteiger partial charge < -0.3 is 15.4 Å². The third-order valence-electron chi connectivity index (χ3n) is 6.10. The van der Waals surface area contributed by atoms with Crippen LogP contribution in [-0.4, -0.2) is 26.8 Å². The van der Waals surface area contributed by atoms with Crippen molar-refractivity contribution in [1.82, 2.24) is 14.3 Å². The van der Waals surface area contributed by atoms with Crippen LogP contribution in [0.4, 0.5) is 15.9 Å². The molecule has 4 aromatic rings. The van der Waals surface area contributed by atoms with E-state index in [0.29, 0.717) is 17.1 Å². The van der Waals surface area contributed by atoms with Crippen molar-refractivity contribution in [1.29, 1.82) is 0 Å². The number of fused-ring (bicyclic) bond motifs is 1. The maximum Gasteiger partial charge on any atom is 0.284 e. The molecule has 0 fully saturated rings. The van der Waals surface area contributed by atoms with Crippen LogP contribution in [-0.2, 0) is 13.5 Å². The maximum atomic E-state index is 14.9. The van der Waals surface area contributed by atoms with E-state index in [1.54, 1.807) is 43.0 Å². The molecule has 5 rings (SSSR count). The molecule has 178 valence electrons. The molecule has 1 aliphatic rings. The Labute approximate surface area is 201 Å². The zero-order chi connectivity index (χ0) is 24.5. The van der Waals surface area contributed by atoms with Gasteiger partial charge in [0.25, 0.3) is 11.5 Å². The number of rotatable bonds is 5. The van der Waals surface area contributed by atoms with Crippen molar-refractivity contribution in [3.8, 4) is 17.2 Å². The summed E-state index contributed by atoms with van der Waals surface area (Å²) >= 11 is 0. The molecular weight excluding hydrogens is 449 g/mol. The Hall–Kier alpha value is -4.40. The minimum Gasteiger partial charge on any atom is -0.454 e. The van der Waals surface area contributed by atoms with E-state index in [9.17, 15) is 14.0 Å². The van der Waals surface area contributed by atoms with E-state index in [1.165, 1.54) is 22.9 Å². The van der Waals surface area contributed by atoms with Crippen LogP contribution in [0.25, 0.3) is 5.69 Å². The van der Waals surface area contributed by atoms with Crippen LogP contribution in [0.3, 0.4) is 0 Å². The summed E-state index contributed by atoms with van der Waals surface area (Å²) in [6, 6.07) is 14.9. The number of benzene rings is 2. The zero-order valence-corrected chi connectivity index (χ0v) is 19.3. The van der Waals surface area contributed by atoms with E-state index in [2.05, 4.69) is 15.6 Å². The molecule has 0 saturated heterocycles. The van der Waals surface area contributed by atoms with E-state index in [1.807, 2.05) is 18.2 Å². The van der Waals surface area contributed by atoms with Gasteiger partial charge in [0.15, 0.2) is 11.6 Å². The van der Waals surface area contributed by atoms with Gasteiger partial charge in [0.1, 0.15) is 17.1 Å². The number of para-hydroxylation sites is 1. The fourth-order valence-electron chi connectivity index (χ4n) is 4.24. The summed E-state index contributed by atoms with van der Waals surface area (Å²) in [6.45, 7) is 2.53. The van der Waals surface area contributed by atoms with Crippen molar-refractivity contribution in [2.45, 2.75) is 19.8 Å². The number of anilines is 2. The molecule has 0 saturated carbocycles. The van der Waals surface area contributed by atoms with Crippen LogP contribution >= 0.6 is 0 Å². The topological polar surface area (TPSA) is 90.2 Å². The minimum atomic E-state index is -0.636. The van der Waals surface area contributed by atoms with Gasteiger partial charge in [0, 0.05) is 37.1 Å². The van der Waals surface area contributed by atoms with E-state index in [-0.39, 0.29) is 17.0 Å². The molecular formula is C26H24FN5O3. The smallest absolute Gasteiger partial charge is 0.284 e. The van der Waals surface area contributed by atoms with E-state index < -0.39 is 17.3 Å². The lowest BCUT2D eigenvalue weighted by molar-refractivity contribution is 0.102. The van der Waals surface area contributed by atoms with Crippen LogP contribution in [0.5, 0.6) is 11.5 Å². The highest BCUT2D eigenvalue weighted by Gasteiger charge is 2.23. The number of ether oxygens (including phenoxy) is 1. The molecule has 0 spiro atoms.